The number of rotatable bonds is 3. The molecule has 154 valence electrons. The van der Waals surface area contributed by atoms with Crippen LogP contribution in [-0.2, 0) is 4.79 Å². The van der Waals surface area contributed by atoms with Gasteiger partial charge in [0.1, 0.15) is 5.82 Å². The van der Waals surface area contributed by atoms with Gasteiger partial charge in [-0.1, -0.05) is 17.7 Å². The van der Waals surface area contributed by atoms with Crippen LogP contribution < -0.4 is 5.32 Å². The number of fused-ring (bicyclic) bond motifs is 1. The van der Waals surface area contributed by atoms with Gasteiger partial charge in [-0.15, -0.1) is 0 Å². The van der Waals surface area contributed by atoms with E-state index < -0.39 is 0 Å². The number of nitrogens with zero attached hydrogens (tertiary/aromatic N) is 1. The van der Waals surface area contributed by atoms with Gasteiger partial charge in [0.2, 0.25) is 5.91 Å². The maximum Gasteiger partial charge on any atom is 0.227 e. The van der Waals surface area contributed by atoms with Crippen molar-refractivity contribution in [2.75, 3.05) is 5.32 Å². The third-order valence-electron chi connectivity index (χ3n) is 7.27. The van der Waals surface area contributed by atoms with Crippen LogP contribution in [0, 0.1) is 24.1 Å². The maximum atomic E-state index is 13.8. The first-order valence-electron chi connectivity index (χ1n) is 10.9. The van der Waals surface area contributed by atoms with Crippen LogP contribution in [0.1, 0.15) is 55.6 Å². The Morgan fingerprint density at radius 1 is 1.07 bits per heavy atom. The summed E-state index contributed by atoms with van der Waals surface area (Å²) in [4.78, 5) is 17.0. The van der Waals surface area contributed by atoms with E-state index in [0.29, 0.717) is 11.3 Å². The standard InChI is InChI=1S/C26H27FN2O/c1-17-2-5-21(6-3-17)29-25(30)19-15-26(16-19)11-8-18(9-12-26)22-10-13-28-24-7-4-20(27)14-23(22)24/h2-7,10,13-14,18-19H,8-9,11-12,15-16H2,1H3,(H,29,30). The molecule has 0 unspecified atom stereocenters. The zero-order valence-corrected chi connectivity index (χ0v) is 17.3. The van der Waals surface area contributed by atoms with Crippen molar-refractivity contribution < 1.29 is 9.18 Å². The lowest BCUT2D eigenvalue weighted by Crippen LogP contribution is -2.45. The molecule has 1 N–H and O–H groups in total. The van der Waals surface area contributed by atoms with Crippen LogP contribution in [0.2, 0.25) is 0 Å². The topological polar surface area (TPSA) is 42.0 Å². The minimum absolute atomic E-state index is 0.124. The molecule has 2 aromatic carbocycles. The SMILES string of the molecule is Cc1ccc(NC(=O)C2CC3(CCC(c4ccnc5ccc(F)cc45)CC3)C2)cc1. The number of hydrogen-bond acceptors (Lipinski definition) is 2. The lowest BCUT2D eigenvalue weighted by molar-refractivity contribution is -0.128. The van der Waals surface area contributed by atoms with E-state index in [-0.39, 0.29) is 17.6 Å². The number of aromatic nitrogens is 1. The van der Waals surface area contributed by atoms with Crippen LogP contribution in [0.5, 0.6) is 0 Å². The van der Waals surface area contributed by atoms with E-state index in [1.54, 1.807) is 12.1 Å². The average Bonchev–Trinajstić information content (AvgIpc) is 2.73. The van der Waals surface area contributed by atoms with Crippen LogP contribution in [0.4, 0.5) is 10.1 Å². The molecule has 3 nitrogen and oxygen atoms in total. The predicted molar refractivity (Wildman–Crippen MR) is 118 cm³/mol. The Morgan fingerprint density at radius 3 is 2.53 bits per heavy atom. The van der Waals surface area contributed by atoms with Gasteiger partial charge < -0.3 is 5.32 Å². The predicted octanol–water partition coefficient (Wildman–Crippen LogP) is 6.38. The second kappa shape index (κ2) is 7.50. The summed E-state index contributed by atoms with van der Waals surface area (Å²) in [5.41, 5.74) is 4.48. The zero-order chi connectivity index (χ0) is 20.7. The second-order valence-corrected chi connectivity index (χ2v) is 9.30. The number of hydrogen-bond donors (Lipinski definition) is 1. The minimum Gasteiger partial charge on any atom is -0.326 e. The highest BCUT2D eigenvalue weighted by Crippen LogP contribution is 2.57. The summed E-state index contributed by atoms with van der Waals surface area (Å²) in [7, 11) is 0. The highest BCUT2D eigenvalue weighted by atomic mass is 19.1. The molecule has 30 heavy (non-hydrogen) atoms. The van der Waals surface area contributed by atoms with Crippen LogP contribution in [-0.4, -0.2) is 10.9 Å². The summed E-state index contributed by atoms with van der Waals surface area (Å²) in [5.74, 6) is 0.523. The molecule has 0 aliphatic heterocycles. The summed E-state index contributed by atoms with van der Waals surface area (Å²) in [6, 6.07) is 14.9. The molecule has 1 spiro atoms. The molecular weight excluding hydrogens is 375 g/mol. The Kier molecular flexibility index (Phi) is 4.80. The molecule has 0 saturated heterocycles. The largest absolute Gasteiger partial charge is 0.326 e. The fourth-order valence-electron chi connectivity index (χ4n) is 5.50. The lowest BCUT2D eigenvalue weighted by atomic mass is 9.54. The van der Waals surface area contributed by atoms with Gasteiger partial charge in [-0.05, 0) is 98.7 Å². The van der Waals surface area contributed by atoms with E-state index in [4.69, 9.17) is 0 Å². The van der Waals surface area contributed by atoms with Gasteiger partial charge >= 0.3 is 0 Å². The van der Waals surface area contributed by atoms with E-state index in [0.717, 1.165) is 55.1 Å². The van der Waals surface area contributed by atoms with Crippen LogP contribution in [0.15, 0.2) is 54.7 Å². The van der Waals surface area contributed by atoms with Crippen molar-refractivity contribution in [3.8, 4) is 0 Å². The van der Waals surface area contributed by atoms with Gasteiger partial charge in [0.25, 0.3) is 0 Å². The molecule has 0 radical (unpaired) electrons. The second-order valence-electron chi connectivity index (χ2n) is 9.30. The number of carbonyl (C=O) groups excluding carboxylic acids is 1. The van der Waals surface area contributed by atoms with Gasteiger partial charge in [0, 0.05) is 23.2 Å². The summed E-state index contributed by atoms with van der Waals surface area (Å²) >= 11 is 0. The summed E-state index contributed by atoms with van der Waals surface area (Å²) in [6.45, 7) is 2.04. The molecule has 3 aromatic rings. The first-order valence-corrected chi connectivity index (χ1v) is 10.9. The highest BCUT2D eigenvalue weighted by molar-refractivity contribution is 5.93. The van der Waals surface area contributed by atoms with Crippen LogP contribution in [0.3, 0.4) is 0 Å². The zero-order valence-electron chi connectivity index (χ0n) is 17.3. The lowest BCUT2D eigenvalue weighted by Gasteiger charge is -2.51. The van der Waals surface area contributed by atoms with Crippen molar-refractivity contribution in [3.63, 3.8) is 0 Å². The molecule has 1 aromatic heterocycles. The number of pyridine rings is 1. The minimum atomic E-state index is -0.203. The number of aryl methyl sites for hydroxylation is 1. The molecule has 1 amide bonds. The molecule has 0 atom stereocenters. The van der Waals surface area contributed by atoms with Crippen molar-refractivity contribution in [2.45, 2.75) is 51.4 Å². The molecule has 1 heterocycles. The molecule has 2 aliphatic rings. The number of halogens is 1. The van der Waals surface area contributed by atoms with Gasteiger partial charge in [0.15, 0.2) is 0 Å². The first kappa shape index (κ1) is 19.2. The Bertz CT molecular complexity index is 1080. The fourth-order valence-corrected chi connectivity index (χ4v) is 5.50. The van der Waals surface area contributed by atoms with E-state index in [1.165, 1.54) is 17.2 Å². The third kappa shape index (κ3) is 3.60. The quantitative estimate of drug-likeness (QED) is 0.553. The average molecular weight is 403 g/mol. The van der Waals surface area contributed by atoms with Crippen molar-refractivity contribution in [1.29, 1.82) is 0 Å². The number of nitrogens with one attached hydrogen (secondary N) is 1. The first-order chi connectivity index (χ1) is 14.5. The number of anilines is 1. The van der Waals surface area contributed by atoms with E-state index in [1.807, 2.05) is 37.4 Å². The molecule has 2 aliphatic carbocycles. The van der Waals surface area contributed by atoms with E-state index in [2.05, 4.69) is 16.4 Å². The maximum absolute atomic E-state index is 13.8. The molecule has 2 saturated carbocycles. The van der Waals surface area contributed by atoms with Crippen LogP contribution in [0.25, 0.3) is 10.9 Å². The third-order valence-corrected chi connectivity index (χ3v) is 7.27. The summed E-state index contributed by atoms with van der Waals surface area (Å²) in [5, 5.41) is 4.02. The van der Waals surface area contributed by atoms with Crippen molar-refractivity contribution in [2.24, 2.45) is 11.3 Å². The molecule has 2 fully saturated rings. The van der Waals surface area contributed by atoms with Gasteiger partial charge in [-0.3, -0.25) is 9.78 Å². The number of carbonyl (C=O) groups is 1. The molecule has 4 heteroatoms. The number of amides is 1. The van der Waals surface area contributed by atoms with Crippen molar-refractivity contribution in [1.82, 2.24) is 4.98 Å². The molecule has 5 rings (SSSR count). The Morgan fingerprint density at radius 2 is 1.80 bits per heavy atom. The van der Waals surface area contributed by atoms with Gasteiger partial charge in [-0.2, -0.15) is 0 Å². The van der Waals surface area contributed by atoms with E-state index >= 15 is 0 Å². The van der Waals surface area contributed by atoms with Crippen molar-refractivity contribution in [3.05, 3.63) is 71.7 Å². The van der Waals surface area contributed by atoms with Crippen molar-refractivity contribution >= 4 is 22.5 Å². The van der Waals surface area contributed by atoms with Gasteiger partial charge in [0.05, 0.1) is 5.52 Å². The Balaban J connectivity index is 1.21. The number of benzene rings is 2. The van der Waals surface area contributed by atoms with Gasteiger partial charge in [-0.25, -0.2) is 4.39 Å². The fraction of sp³-hybridized carbons (Fsp3) is 0.385. The van der Waals surface area contributed by atoms with Crippen LogP contribution >= 0.6 is 0 Å². The Hall–Kier alpha value is -2.75. The van der Waals surface area contributed by atoms with E-state index in [9.17, 15) is 9.18 Å². The smallest absolute Gasteiger partial charge is 0.227 e. The molecular formula is C26H27FN2O. The normalized spacial score (nSPS) is 25.8. The molecule has 0 bridgehead atoms. The highest BCUT2D eigenvalue weighted by Gasteiger charge is 2.48. The summed E-state index contributed by atoms with van der Waals surface area (Å²) in [6.07, 6.45) is 8.31. The monoisotopic (exact) mass is 402 g/mol. The summed E-state index contributed by atoms with van der Waals surface area (Å²) < 4.78 is 13.8. The Labute approximate surface area is 176 Å².